The molecule has 1 aromatic heterocycles. The molecule has 0 aliphatic heterocycles. The zero-order valence-corrected chi connectivity index (χ0v) is 19.3. The van der Waals surface area contributed by atoms with Crippen LogP contribution < -0.4 is 20.9 Å². The number of anilines is 3. The fourth-order valence-corrected chi connectivity index (χ4v) is 4.68. The lowest BCUT2D eigenvalue weighted by molar-refractivity contribution is 0.243. The predicted molar refractivity (Wildman–Crippen MR) is 126 cm³/mol. The maximum Gasteiger partial charge on any atom is 0.319 e. The molecule has 1 fully saturated rings. The van der Waals surface area contributed by atoms with Gasteiger partial charge in [-0.2, -0.15) is 4.98 Å². The SMILES string of the molecule is CN(C)c1nc(NC2CCC(NC(=O)Nc3ccc(F)c(Cl)c3)CC2)nc2c1CCCC2. The molecule has 1 saturated carbocycles. The minimum atomic E-state index is -0.510. The Kier molecular flexibility index (Phi) is 6.98. The maximum atomic E-state index is 13.3. The van der Waals surface area contributed by atoms with Gasteiger partial charge in [0.25, 0.3) is 0 Å². The first-order valence-corrected chi connectivity index (χ1v) is 11.6. The lowest BCUT2D eigenvalue weighted by Crippen LogP contribution is -2.42. The van der Waals surface area contributed by atoms with E-state index in [0.29, 0.717) is 11.6 Å². The Balaban J connectivity index is 1.30. The molecule has 1 aromatic carbocycles. The highest BCUT2D eigenvalue weighted by Gasteiger charge is 2.25. The summed E-state index contributed by atoms with van der Waals surface area (Å²) >= 11 is 5.77. The third-order valence-corrected chi connectivity index (χ3v) is 6.45. The zero-order chi connectivity index (χ0) is 22.7. The van der Waals surface area contributed by atoms with Crippen molar-refractivity contribution in [1.29, 1.82) is 0 Å². The summed E-state index contributed by atoms with van der Waals surface area (Å²) in [5.41, 5.74) is 2.92. The van der Waals surface area contributed by atoms with Crippen LogP contribution in [0, 0.1) is 5.82 Å². The molecule has 2 aliphatic rings. The summed E-state index contributed by atoms with van der Waals surface area (Å²) in [6.45, 7) is 0. The van der Waals surface area contributed by atoms with Gasteiger partial charge in [0, 0.05) is 37.4 Å². The van der Waals surface area contributed by atoms with Crippen molar-refractivity contribution in [3.05, 3.63) is 40.3 Å². The van der Waals surface area contributed by atoms with Gasteiger partial charge in [-0.05, 0) is 69.6 Å². The normalized spacial score (nSPS) is 20.2. The molecule has 172 valence electrons. The highest BCUT2D eigenvalue weighted by molar-refractivity contribution is 6.31. The number of fused-ring (bicyclic) bond motifs is 1. The minimum absolute atomic E-state index is 0.0174. The number of carbonyl (C=O) groups excluding carboxylic acids is 1. The Bertz CT molecular complexity index is 977. The van der Waals surface area contributed by atoms with Gasteiger partial charge in [-0.25, -0.2) is 14.2 Å². The lowest BCUT2D eigenvalue weighted by Gasteiger charge is -2.30. The van der Waals surface area contributed by atoms with E-state index in [4.69, 9.17) is 21.6 Å². The quantitative estimate of drug-likeness (QED) is 0.599. The summed E-state index contributed by atoms with van der Waals surface area (Å²) < 4.78 is 13.3. The number of urea groups is 1. The topological polar surface area (TPSA) is 82.2 Å². The highest BCUT2D eigenvalue weighted by atomic mass is 35.5. The first-order valence-electron chi connectivity index (χ1n) is 11.3. The molecule has 0 saturated heterocycles. The van der Waals surface area contributed by atoms with Gasteiger partial charge in [0.05, 0.1) is 10.7 Å². The van der Waals surface area contributed by atoms with Crippen LogP contribution in [0.3, 0.4) is 0 Å². The number of halogens is 2. The third-order valence-electron chi connectivity index (χ3n) is 6.16. The lowest BCUT2D eigenvalue weighted by atomic mass is 9.91. The first-order chi connectivity index (χ1) is 15.4. The number of rotatable bonds is 5. The number of benzene rings is 1. The van der Waals surface area contributed by atoms with Gasteiger partial charge in [-0.1, -0.05) is 11.6 Å². The van der Waals surface area contributed by atoms with Crippen LogP contribution in [0.4, 0.5) is 26.6 Å². The van der Waals surface area contributed by atoms with Gasteiger partial charge in [0.15, 0.2) is 0 Å². The van der Waals surface area contributed by atoms with E-state index in [1.807, 2.05) is 14.1 Å². The fraction of sp³-hybridized carbons (Fsp3) is 0.522. The number of nitrogens with one attached hydrogen (secondary N) is 3. The van der Waals surface area contributed by atoms with Crippen molar-refractivity contribution in [2.75, 3.05) is 29.6 Å². The predicted octanol–water partition coefficient (Wildman–Crippen LogP) is 4.76. The summed E-state index contributed by atoms with van der Waals surface area (Å²) in [5.74, 6) is 1.21. The van der Waals surface area contributed by atoms with Crippen molar-refractivity contribution >= 4 is 35.1 Å². The smallest absolute Gasteiger partial charge is 0.319 e. The van der Waals surface area contributed by atoms with Crippen LogP contribution in [0.5, 0.6) is 0 Å². The second-order valence-corrected chi connectivity index (χ2v) is 9.23. The third kappa shape index (κ3) is 5.41. The van der Waals surface area contributed by atoms with E-state index in [-0.39, 0.29) is 23.1 Å². The molecule has 7 nitrogen and oxygen atoms in total. The van der Waals surface area contributed by atoms with Gasteiger partial charge in [-0.15, -0.1) is 0 Å². The number of carbonyl (C=O) groups is 1. The van der Waals surface area contributed by atoms with Crippen LogP contribution in [0.1, 0.15) is 49.8 Å². The summed E-state index contributed by atoms with van der Waals surface area (Å²) in [6.07, 6.45) is 8.00. The molecule has 0 bridgehead atoms. The van der Waals surface area contributed by atoms with Gasteiger partial charge in [-0.3, -0.25) is 0 Å². The van der Waals surface area contributed by atoms with Crippen molar-refractivity contribution in [1.82, 2.24) is 15.3 Å². The second-order valence-electron chi connectivity index (χ2n) is 8.82. The Hall–Kier alpha value is -2.61. The Morgan fingerprint density at radius 3 is 2.53 bits per heavy atom. The fourth-order valence-electron chi connectivity index (χ4n) is 4.50. The Labute approximate surface area is 193 Å². The van der Waals surface area contributed by atoms with E-state index in [2.05, 4.69) is 20.9 Å². The number of nitrogens with zero attached hydrogens (tertiary/aromatic N) is 3. The van der Waals surface area contributed by atoms with E-state index in [0.717, 1.165) is 44.3 Å². The Morgan fingerprint density at radius 1 is 1.09 bits per heavy atom. The monoisotopic (exact) mass is 460 g/mol. The summed E-state index contributed by atoms with van der Waals surface area (Å²) in [5, 5.41) is 9.22. The summed E-state index contributed by atoms with van der Waals surface area (Å²) in [4.78, 5) is 24.0. The average molecular weight is 461 g/mol. The molecule has 32 heavy (non-hydrogen) atoms. The van der Waals surface area contributed by atoms with E-state index in [1.54, 1.807) is 0 Å². The number of hydrogen-bond donors (Lipinski definition) is 3. The maximum absolute atomic E-state index is 13.3. The van der Waals surface area contributed by atoms with E-state index in [9.17, 15) is 9.18 Å². The summed E-state index contributed by atoms with van der Waals surface area (Å²) in [6, 6.07) is 4.19. The van der Waals surface area contributed by atoms with Crippen molar-refractivity contribution < 1.29 is 9.18 Å². The number of aryl methyl sites for hydroxylation is 1. The summed E-state index contributed by atoms with van der Waals surface area (Å²) in [7, 11) is 4.06. The molecular formula is C23H30ClFN6O. The molecule has 0 spiro atoms. The number of hydrogen-bond acceptors (Lipinski definition) is 5. The molecule has 0 atom stereocenters. The average Bonchev–Trinajstić information content (AvgIpc) is 2.77. The van der Waals surface area contributed by atoms with Crippen LogP contribution in [-0.2, 0) is 12.8 Å². The van der Waals surface area contributed by atoms with Crippen molar-refractivity contribution in [3.63, 3.8) is 0 Å². The van der Waals surface area contributed by atoms with Gasteiger partial charge in [0.2, 0.25) is 5.95 Å². The van der Waals surface area contributed by atoms with Gasteiger partial charge >= 0.3 is 6.03 Å². The van der Waals surface area contributed by atoms with Gasteiger partial charge < -0.3 is 20.9 Å². The molecule has 2 amide bonds. The highest BCUT2D eigenvalue weighted by Crippen LogP contribution is 2.29. The molecule has 1 heterocycles. The van der Waals surface area contributed by atoms with Crippen LogP contribution in [-0.4, -0.2) is 42.2 Å². The largest absolute Gasteiger partial charge is 0.362 e. The molecule has 3 N–H and O–H groups in total. The molecule has 0 radical (unpaired) electrons. The van der Waals surface area contributed by atoms with Gasteiger partial charge in [0.1, 0.15) is 11.6 Å². The van der Waals surface area contributed by atoms with E-state index in [1.165, 1.54) is 42.3 Å². The molecule has 4 rings (SSSR count). The number of aromatic nitrogens is 2. The molecular weight excluding hydrogens is 431 g/mol. The van der Waals surface area contributed by atoms with Crippen molar-refractivity contribution in [3.8, 4) is 0 Å². The van der Waals surface area contributed by atoms with Crippen LogP contribution in [0.2, 0.25) is 5.02 Å². The molecule has 0 unspecified atom stereocenters. The van der Waals surface area contributed by atoms with Crippen LogP contribution >= 0.6 is 11.6 Å². The van der Waals surface area contributed by atoms with E-state index >= 15 is 0 Å². The van der Waals surface area contributed by atoms with Crippen LogP contribution in [0.15, 0.2) is 18.2 Å². The van der Waals surface area contributed by atoms with Crippen molar-refractivity contribution in [2.24, 2.45) is 0 Å². The van der Waals surface area contributed by atoms with Crippen molar-refractivity contribution in [2.45, 2.75) is 63.5 Å². The van der Waals surface area contributed by atoms with Crippen LogP contribution in [0.25, 0.3) is 0 Å². The Morgan fingerprint density at radius 2 is 1.81 bits per heavy atom. The molecule has 2 aromatic rings. The number of amides is 2. The molecule has 9 heteroatoms. The van der Waals surface area contributed by atoms with E-state index < -0.39 is 5.82 Å². The zero-order valence-electron chi connectivity index (χ0n) is 18.5. The molecule has 2 aliphatic carbocycles. The standard InChI is InChI=1S/C23H30ClFN6O/c1-31(2)21-17-5-3-4-6-20(17)29-22(30-21)26-14-7-9-15(10-8-14)27-23(32)28-16-11-12-19(25)18(24)13-16/h11-15H,3-10H2,1-2H3,(H,26,29,30)(H2,27,28,32). The minimum Gasteiger partial charge on any atom is -0.362 e. The first kappa shape index (κ1) is 22.6. The second kappa shape index (κ2) is 9.90.